The number of rotatable bonds is 7. The second kappa shape index (κ2) is 8.12. The molecule has 0 atom stereocenters. The molecule has 0 bridgehead atoms. The third-order valence-corrected chi connectivity index (χ3v) is 6.07. The van der Waals surface area contributed by atoms with Crippen molar-refractivity contribution in [3.63, 3.8) is 0 Å². The van der Waals surface area contributed by atoms with Crippen LogP contribution in [0.2, 0.25) is 0 Å². The van der Waals surface area contributed by atoms with Gasteiger partial charge >= 0.3 is 0 Å². The molecule has 5 heteroatoms. The average Bonchev–Trinajstić information content (AvgIpc) is 2.60. The zero-order valence-corrected chi connectivity index (χ0v) is 17.3. The van der Waals surface area contributed by atoms with Gasteiger partial charge in [-0.2, -0.15) is 0 Å². The molecule has 0 aliphatic carbocycles. The molecule has 0 unspecified atom stereocenters. The van der Waals surface area contributed by atoms with Gasteiger partial charge in [0.2, 0.25) is 0 Å². The predicted molar refractivity (Wildman–Crippen MR) is 108 cm³/mol. The number of hydrogen-bond acceptors (Lipinski definition) is 3. The molecule has 1 N–H and O–H groups in total. The molecule has 0 saturated heterocycles. The number of ether oxygens (including phenoxy) is 1. The van der Waals surface area contributed by atoms with Crippen LogP contribution in [0.1, 0.15) is 55.9 Å². The zero-order valence-electron chi connectivity index (χ0n) is 16.5. The highest BCUT2D eigenvalue weighted by Crippen LogP contribution is 2.33. The van der Waals surface area contributed by atoms with Gasteiger partial charge in [0, 0.05) is 0 Å². The summed E-state index contributed by atoms with van der Waals surface area (Å²) in [6.45, 7) is 10.1. The van der Waals surface area contributed by atoms with Gasteiger partial charge in [-0.3, -0.25) is 4.72 Å². The van der Waals surface area contributed by atoms with Crippen LogP contribution in [0.5, 0.6) is 5.75 Å². The maximum absolute atomic E-state index is 13.2. The van der Waals surface area contributed by atoms with Crippen molar-refractivity contribution < 1.29 is 13.2 Å². The van der Waals surface area contributed by atoms with Crippen LogP contribution < -0.4 is 9.46 Å². The van der Waals surface area contributed by atoms with Gasteiger partial charge in [0.25, 0.3) is 10.0 Å². The van der Waals surface area contributed by atoms with Crippen molar-refractivity contribution in [3.8, 4) is 5.75 Å². The number of benzene rings is 2. The van der Waals surface area contributed by atoms with E-state index >= 15 is 0 Å². The predicted octanol–water partition coefficient (Wildman–Crippen LogP) is 5.05. The van der Waals surface area contributed by atoms with Crippen molar-refractivity contribution in [2.75, 3.05) is 11.8 Å². The molecule has 2 aromatic carbocycles. The van der Waals surface area contributed by atoms with Crippen LogP contribution in [0.3, 0.4) is 0 Å². The summed E-state index contributed by atoms with van der Waals surface area (Å²) >= 11 is 0. The number of para-hydroxylation sites is 1. The van der Waals surface area contributed by atoms with E-state index in [1.807, 2.05) is 39.0 Å². The summed E-state index contributed by atoms with van der Waals surface area (Å²) in [4.78, 5) is 0.183. The largest absolute Gasteiger partial charge is 0.495 e. The van der Waals surface area contributed by atoms with Crippen LogP contribution in [0.25, 0.3) is 0 Å². The number of anilines is 1. The first-order chi connectivity index (χ1) is 12.2. The summed E-state index contributed by atoms with van der Waals surface area (Å²) in [6, 6.07) is 9.43. The van der Waals surface area contributed by atoms with Crippen LogP contribution in [0, 0.1) is 6.92 Å². The molecular weight excluding hydrogens is 346 g/mol. The van der Waals surface area contributed by atoms with Crippen molar-refractivity contribution in [2.24, 2.45) is 0 Å². The summed E-state index contributed by atoms with van der Waals surface area (Å²) in [5.41, 5.74) is 4.70. The van der Waals surface area contributed by atoms with Crippen molar-refractivity contribution in [3.05, 3.63) is 52.6 Å². The fraction of sp³-hybridized carbons (Fsp3) is 0.429. The van der Waals surface area contributed by atoms with E-state index in [4.69, 9.17) is 4.74 Å². The minimum Gasteiger partial charge on any atom is -0.495 e. The molecule has 2 rings (SSSR count). The molecule has 0 aliphatic heterocycles. The molecule has 0 saturated carbocycles. The standard InChI is InChI=1S/C21H29NO3S/c1-7-16-10-9-11-17(8-2)21(16)22-26(23,24)20-13-18(14(3)4)15(5)12-19(20)25-6/h9-14,22H,7-8H2,1-6H3. The molecule has 2 aromatic rings. The Balaban J connectivity index is 2.61. The number of nitrogens with one attached hydrogen (secondary N) is 1. The monoisotopic (exact) mass is 375 g/mol. The molecule has 26 heavy (non-hydrogen) atoms. The Morgan fingerprint density at radius 3 is 2.12 bits per heavy atom. The Morgan fingerprint density at radius 1 is 1.08 bits per heavy atom. The maximum atomic E-state index is 13.2. The Kier molecular flexibility index (Phi) is 6.34. The summed E-state index contributed by atoms with van der Waals surface area (Å²) in [5.74, 6) is 0.593. The van der Waals surface area contributed by atoms with Crippen LogP contribution in [0.15, 0.2) is 35.2 Å². The van der Waals surface area contributed by atoms with Crippen LogP contribution >= 0.6 is 0 Å². The van der Waals surface area contributed by atoms with E-state index in [-0.39, 0.29) is 10.8 Å². The van der Waals surface area contributed by atoms with Crippen LogP contribution in [0.4, 0.5) is 5.69 Å². The Hall–Kier alpha value is -2.01. The lowest BCUT2D eigenvalue weighted by atomic mass is 9.98. The molecular formula is C21H29NO3S. The van der Waals surface area contributed by atoms with Gasteiger partial charge < -0.3 is 4.74 Å². The molecule has 0 spiro atoms. The summed E-state index contributed by atoms with van der Waals surface area (Å²) in [7, 11) is -2.27. The lowest BCUT2D eigenvalue weighted by Gasteiger charge is -2.19. The van der Waals surface area contributed by atoms with Gasteiger partial charge in [-0.15, -0.1) is 0 Å². The van der Waals surface area contributed by atoms with E-state index in [2.05, 4.69) is 18.6 Å². The second-order valence-corrected chi connectivity index (χ2v) is 8.43. The van der Waals surface area contributed by atoms with E-state index in [0.717, 1.165) is 35.1 Å². The fourth-order valence-electron chi connectivity index (χ4n) is 3.23. The van der Waals surface area contributed by atoms with Gasteiger partial charge in [-0.1, -0.05) is 45.9 Å². The minimum atomic E-state index is -3.77. The first-order valence-corrected chi connectivity index (χ1v) is 10.6. The third kappa shape index (κ3) is 4.04. The van der Waals surface area contributed by atoms with E-state index < -0.39 is 10.0 Å². The molecule has 0 heterocycles. The van der Waals surface area contributed by atoms with E-state index in [0.29, 0.717) is 11.4 Å². The van der Waals surface area contributed by atoms with E-state index in [1.165, 1.54) is 7.11 Å². The molecule has 0 amide bonds. The normalized spacial score (nSPS) is 11.7. The van der Waals surface area contributed by atoms with Gasteiger partial charge in [0.15, 0.2) is 0 Å². The third-order valence-electron chi connectivity index (χ3n) is 4.70. The highest BCUT2D eigenvalue weighted by molar-refractivity contribution is 7.92. The first kappa shape index (κ1) is 20.3. The first-order valence-electron chi connectivity index (χ1n) is 9.07. The minimum absolute atomic E-state index is 0.183. The highest BCUT2D eigenvalue weighted by Gasteiger charge is 2.24. The smallest absolute Gasteiger partial charge is 0.265 e. The van der Waals surface area contributed by atoms with Crippen molar-refractivity contribution >= 4 is 15.7 Å². The summed E-state index contributed by atoms with van der Waals surface area (Å²) in [5, 5.41) is 0. The Bertz CT molecular complexity index is 864. The Labute approximate surface area is 157 Å². The lowest BCUT2D eigenvalue weighted by Crippen LogP contribution is -2.17. The number of hydrogen-bond donors (Lipinski definition) is 1. The van der Waals surface area contributed by atoms with Gasteiger partial charge in [-0.25, -0.2) is 8.42 Å². The van der Waals surface area contributed by atoms with Crippen LogP contribution in [-0.4, -0.2) is 15.5 Å². The number of aryl methyl sites for hydroxylation is 3. The zero-order chi connectivity index (χ0) is 19.5. The average molecular weight is 376 g/mol. The SMILES string of the molecule is CCc1cccc(CC)c1NS(=O)(=O)c1cc(C(C)C)c(C)cc1OC. The topological polar surface area (TPSA) is 55.4 Å². The van der Waals surface area contributed by atoms with Gasteiger partial charge in [-0.05, 0) is 60.1 Å². The van der Waals surface area contributed by atoms with Crippen molar-refractivity contribution in [1.29, 1.82) is 0 Å². The number of methoxy groups -OCH3 is 1. The molecule has 4 nitrogen and oxygen atoms in total. The highest BCUT2D eigenvalue weighted by atomic mass is 32.2. The molecule has 0 fully saturated rings. The molecule has 142 valence electrons. The molecule has 0 aromatic heterocycles. The van der Waals surface area contributed by atoms with Crippen LogP contribution in [-0.2, 0) is 22.9 Å². The maximum Gasteiger partial charge on any atom is 0.265 e. The van der Waals surface area contributed by atoms with Crippen molar-refractivity contribution in [2.45, 2.75) is 58.3 Å². The van der Waals surface area contributed by atoms with Gasteiger partial charge in [0.1, 0.15) is 10.6 Å². The quantitative estimate of drug-likeness (QED) is 0.736. The summed E-state index contributed by atoms with van der Waals surface area (Å²) < 4.78 is 34.6. The summed E-state index contributed by atoms with van der Waals surface area (Å²) in [6.07, 6.45) is 1.52. The van der Waals surface area contributed by atoms with Crippen molar-refractivity contribution in [1.82, 2.24) is 0 Å². The molecule has 0 radical (unpaired) electrons. The fourth-order valence-corrected chi connectivity index (χ4v) is 4.56. The van der Waals surface area contributed by atoms with E-state index in [1.54, 1.807) is 12.1 Å². The van der Waals surface area contributed by atoms with E-state index in [9.17, 15) is 8.42 Å². The second-order valence-electron chi connectivity index (χ2n) is 6.78. The number of sulfonamides is 1. The molecule has 0 aliphatic rings. The Morgan fingerprint density at radius 2 is 1.65 bits per heavy atom. The lowest BCUT2D eigenvalue weighted by molar-refractivity contribution is 0.402. The van der Waals surface area contributed by atoms with Gasteiger partial charge in [0.05, 0.1) is 12.8 Å².